The van der Waals surface area contributed by atoms with E-state index in [4.69, 9.17) is 0 Å². The number of amides is 1. The van der Waals surface area contributed by atoms with Crippen molar-refractivity contribution in [3.8, 4) is 0 Å². The normalized spacial score (nSPS) is 12.3. The summed E-state index contributed by atoms with van der Waals surface area (Å²) in [6.45, 7) is 5.34. The van der Waals surface area contributed by atoms with E-state index < -0.39 is 20.9 Å². The highest BCUT2D eigenvalue weighted by molar-refractivity contribution is 7.92. The summed E-state index contributed by atoms with van der Waals surface area (Å²) in [7, 11) is -3.63. The Labute approximate surface area is 137 Å². The summed E-state index contributed by atoms with van der Waals surface area (Å²) in [5.74, 6) is -0.811. The van der Waals surface area contributed by atoms with Crippen molar-refractivity contribution in [2.24, 2.45) is 0 Å². The predicted molar refractivity (Wildman–Crippen MR) is 86.5 cm³/mol. The van der Waals surface area contributed by atoms with Gasteiger partial charge in [-0.1, -0.05) is 6.92 Å². The molecule has 0 fully saturated rings. The number of hydrogen-bond donors (Lipinski definition) is 2. The van der Waals surface area contributed by atoms with Gasteiger partial charge in [0.15, 0.2) is 9.84 Å². The first kappa shape index (κ1) is 20.8. The van der Waals surface area contributed by atoms with Crippen LogP contribution < -0.4 is 10.6 Å². The molecule has 2 N–H and O–H groups in total. The highest BCUT2D eigenvalue weighted by Crippen LogP contribution is 2.18. The summed E-state index contributed by atoms with van der Waals surface area (Å²) in [6, 6.07) is 4.61. The summed E-state index contributed by atoms with van der Waals surface area (Å²) in [5.41, 5.74) is 0. The van der Waals surface area contributed by atoms with Crippen LogP contribution in [0.2, 0.25) is 0 Å². The van der Waals surface area contributed by atoms with Gasteiger partial charge in [-0.3, -0.25) is 4.79 Å². The Morgan fingerprint density at radius 1 is 1.23 bits per heavy atom. The molecule has 0 aliphatic carbocycles. The van der Waals surface area contributed by atoms with Crippen LogP contribution in [-0.4, -0.2) is 39.2 Å². The Balaban J connectivity index is 0.00000441. The molecule has 0 saturated heterocycles. The van der Waals surface area contributed by atoms with E-state index in [1.165, 1.54) is 19.1 Å². The first-order valence-corrected chi connectivity index (χ1v) is 8.39. The molecular weight excluding hydrogens is 331 g/mol. The Hall–Kier alpha value is -1.18. The minimum absolute atomic E-state index is 0. The fourth-order valence-corrected chi connectivity index (χ4v) is 3.12. The van der Waals surface area contributed by atoms with Crippen molar-refractivity contribution in [1.82, 2.24) is 10.6 Å². The van der Waals surface area contributed by atoms with Crippen LogP contribution in [0.5, 0.6) is 0 Å². The topological polar surface area (TPSA) is 75.3 Å². The van der Waals surface area contributed by atoms with Gasteiger partial charge in [-0.2, -0.15) is 0 Å². The number of carbonyl (C=O) groups is 1. The maximum Gasteiger partial charge on any atom is 0.221 e. The van der Waals surface area contributed by atoms with Crippen LogP contribution in [0.3, 0.4) is 0 Å². The summed E-state index contributed by atoms with van der Waals surface area (Å²) < 4.78 is 37.3. The van der Waals surface area contributed by atoms with E-state index >= 15 is 0 Å². The standard InChI is InChI=1S/C14H21FN2O3S.ClH/c1-3-16-8-9-17-14(18)10-11(2)21(19,20)13-6-4-12(15)5-7-13;/h4-7,11,16H,3,8-10H2,1-2H3,(H,17,18);1H. The Bertz CT molecular complexity index is 564. The Morgan fingerprint density at radius 3 is 2.36 bits per heavy atom. The van der Waals surface area contributed by atoms with E-state index in [9.17, 15) is 17.6 Å². The second kappa shape index (κ2) is 9.76. The van der Waals surface area contributed by atoms with E-state index in [1.807, 2.05) is 6.92 Å². The van der Waals surface area contributed by atoms with E-state index in [0.29, 0.717) is 13.1 Å². The van der Waals surface area contributed by atoms with Crippen LogP contribution in [0.1, 0.15) is 20.3 Å². The van der Waals surface area contributed by atoms with Crippen LogP contribution in [-0.2, 0) is 14.6 Å². The highest BCUT2D eigenvalue weighted by atomic mass is 35.5. The molecule has 22 heavy (non-hydrogen) atoms. The van der Waals surface area contributed by atoms with Crippen molar-refractivity contribution in [2.75, 3.05) is 19.6 Å². The molecule has 1 unspecified atom stereocenters. The lowest BCUT2D eigenvalue weighted by atomic mass is 10.3. The van der Waals surface area contributed by atoms with E-state index in [2.05, 4.69) is 10.6 Å². The van der Waals surface area contributed by atoms with Gasteiger partial charge in [0.25, 0.3) is 0 Å². The van der Waals surface area contributed by atoms with Crippen molar-refractivity contribution in [3.63, 3.8) is 0 Å². The van der Waals surface area contributed by atoms with Crippen molar-refractivity contribution < 1.29 is 17.6 Å². The summed E-state index contributed by atoms with van der Waals surface area (Å²) >= 11 is 0. The van der Waals surface area contributed by atoms with E-state index in [0.717, 1.165) is 18.7 Å². The Kier molecular flexibility index (Phi) is 9.24. The molecule has 1 amide bonds. The summed E-state index contributed by atoms with van der Waals surface area (Å²) in [4.78, 5) is 11.7. The number of rotatable bonds is 8. The number of sulfone groups is 1. The minimum atomic E-state index is -3.63. The number of hydrogen-bond acceptors (Lipinski definition) is 4. The molecule has 5 nitrogen and oxygen atoms in total. The fraction of sp³-hybridized carbons (Fsp3) is 0.500. The monoisotopic (exact) mass is 352 g/mol. The third-order valence-electron chi connectivity index (χ3n) is 3.02. The van der Waals surface area contributed by atoms with E-state index in [1.54, 1.807) is 0 Å². The maximum absolute atomic E-state index is 12.8. The molecule has 0 spiro atoms. The van der Waals surface area contributed by atoms with Crippen LogP contribution in [0.25, 0.3) is 0 Å². The fourth-order valence-electron chi connectivity index (χ4n) is 1.77. The average Bonchev–Trinajstić information content (AvgIpc) is 2.44. The third kappa shape index (κ3) is 6.29. The molecule has 1 aromatic carbocycles. The molecule has 8 heteroatoms. The summed E-state index contributed by atoms with van der Waals surface area (Å²) in [5, 5.41) is 4.85. The molecule has 0 aromatic heterocycles. The van der Waals surface area contributed by atoms with Crippen molar-refractivity contribution in [3.05, 3.63) is 30.1 Å². The zero-order chi connectivity index (χ0) is 15.9. The van der Waals surface area contributed by atoms with Gasteiger partial charge in [0, 0.05) is 19.5 Å². The maximum atomic E-state index is 12.8. The number of nitrogens with one attached hydrogen (secondary N) is 2. The number of likely N-dealkylation sites (N-methyl/N-ethyl adjacent to an activating group) is 1. The molecule has 1 rings (SSSR count). The van der Waals surface area contributed by atoms with Gasteiger partial charge in [0.2, 0.25) is 5.91 Å². The largest absolute Gasteiger partial charge is 0.355 e. The molecule has 0 aliphatic rings. The summed E-state index contributed by atoms with van der Waals surface area (Å²) in [6.07, 6.45) is -0.119. The molecule has 1 atom stereocenters. The molecule has 0 aliphatic heterocycles. The Morgan fingerprint density at radius 2 is 1.82 bits per heavy atom. The van der Waals surface area contributed by atoms with Crippen molar-refractivity contribution in [2.45, 2.75) is 30.4 Å². The van der Waals surface area contributed by atoms with Gasteiger partial charge in [0.1, 0.15) is 5.82 Å². The lowest BCUT2D eigenvalue weighted by Crippen LogP contribution is -2.34. The van der Waals surface area contributed by atoms with Gasteiger partial charge in [0.05, 0.1) is 10.1 Å². The second-order valence-corrected chi connectivity index (χ2v) is 7.08. The quantitative estimate of drug-likeness (QED) is 0.549. The first-order chi connectivity index (χ1) is 9.87. The number of carbonyl (C=O) groups excluding carboxylic acids is 1. The smallest absolute Gasteiger partial charge is 0.221 e. The third-order valence-corrected chi connectivity index (χ3v) is 5.17. The second-order valence-electron chi connectivity index (χ2n) is 4.72. The zero-order valence-corrected chi connectivity index (χ0v) is 14.3. The van der Waals surface area contributed by atoms with Gasteiger partial charge < -0.3 is 10.6 Å². The van der Waals surface area contributed by atoms with Crippen LogP contribution >= 0.6 is 12.4 Å². The molecule has 0 radical (unpaired) electrons. The van der Waals surface area contributed by atoms with Crippen LogP contribution in [0, 0.1) is 5.82 Å². The molecule has 0 saturated carbocycles. The van der Waals surface area contributed by atoms with Gasteiger partial charge in [-0.25, -0.2) is 12.8 Å². The number of halogens is 2. The minimum Gasteiger partial charge on any atom is -0.355 e. The van der Waals surface area contributed by atoms with Gasteiger partial charge in [-0.15, -0.1) is 12.4 Å². The molecule has 0 heterocycles. The molecule has 0 bridgehead atoms. The van der Waals surface area contributed by atoms with Crippen molar-refractivity contribution in [1.29, 1.82) is 0 Å². The zero-order valence-electron chi connectivity index (χ0n) is 12.6. The predicted octanol–water partition coefficient (Wildman–Crippen LogP) is 1.53. The van der Waals surface area contributed by atoms with Crippen molar-refractivity contribution >= 4 is 28.2 Å². The van der Waals surface area contributed by atoms with Crippen LogP contribution in [0.15, 0.2) is 29.2 Å². The van der Waals surface area contributed by atoms with Crippen LogP contribution in [0.4, 0.5) is 4.39 Å². The van der Waals surface area contributed by atoms with E-state index in [-0.39, 0.29) is 29.6 Å². The number of benzene rings is 1. The highest BCUT2D eigenvalue weighted by Gasteiger charge is 2.25. The molecular formula is C14H22ClFN2O3S. The first-order valence-electron chi connectivity index (χ1n) is 6.84. The lowest BCUT2D eigenvalue weighted by molar-refractivity contribution is -0.121. The van der Waals surface area contributed by atoms with Gasteiger partial charge >= 0.3 is 0 Å². The molecule has 126 valence electrons. The lowest BCUT2D eigenvalue weighted by Gasteiger charge is -2.13. The van der Waals surface area contributed by atoms with Gasteiger partial charge in [-0.05, 0) is 37.7 Å². The average molecular weight is 353 g/mol. The SMILES string of the molecule is CCNCCNC(=O)CC(C)S(=O)(=O)c1ccc(F)cc1.Cl. The molecule has 1 aromatic rings.